The number of carbonyl (C=O) groups is 1. The standard InChI is InChI=1S/C16H29NO2/c1-12-7-9-13(10-8-12)17-11-5-6-14(17)15(18)19-16(2,3)4/h12-14H,5-11H2,1-4H3/t12?,13?,14-/m0/s1. The van der Waals surface area contributed by atoms with E-state index in [-0.39, 0.29) is 17.6 Å². The molecule has 0 N–H and O–H groups in total. The van der Waals surface area contributed by atoms with Crippen LogP contribution in [0.5, 0.6) is 0 Å². The van der Waals surface area contributed by atoms with E-state index in [0.29, 0.717) is 6.04 Å². The first-order valence-electron chi connectivity index (χ1n) is 7.85. The van der Waals surface area contributed by atoms with E-state index < -0.39 is 0 Å². The summed E-state index contributed by atoms with van der Waals surface area (Å²) < 4.78 is 5.58. The average Bonchev–Trinajstić information content (AvgIpc) is 2.76. The fraction of sp³-hybridized carbons (Fsp3) is 0.938. The molecule has 1 saturated heterocycles. The highest BCUT2D eigenvalue weighted by atomic mass is 16.6. The van der Waals surface area contributed by atoms with Crippen LogP contribution in [-0.4, -0.2) is 35.1 Å². The van der Waals surface area contributed by atoms with Crippen molar-refractivity contribution in [2.45, 2.75) is 83.9 Å². The minimum atomic E-state index is -0.369. The largest absolute Gasteiger partial charge is 0.459 e. The van der Waals surface area contributed by atoms with Crippen LogP contribution in [0.15, 0.2) is 0 Å². The molecule has 3 heteroatoms. The van der Waals surface area contributed by atoms with E-state index in [1.54, 1.807) is 0 Å². The number of hydrogen-bond acceptors (Lipinski definition) is 3. The number of hydrogen-bond donors (Lipinski definition) is 0. The van der Waals surface area contributed by atoms with Gasteiger partial charge >= 0.3 is 5.97 Å². The summed E-state index contributed by atoms with van der Waals surface area (Å²) in [4.78, 5) is 14.7. The average molecular weight is 267 g/mol. The molecule has 0 unspecified atom stereocenters. The van der Waals surface area contributed by atoms with Crippen LogP contribution in [0, 0.1) is 5.92 Å². The predicted octanol–water partition coefficient (Wildman–Crippen LogP) is 3.37. The second kappa shape index (κ2) is 5.82. The second-order valence-corrected chi connectivity index (χ2v) is 7.34. The molecule has 0 aromatic heterocycles. The van der Waals surface area contributed by atoms with E-state index in [4.69, 9.17) is 4.74 Å². The van der Waals surface area contributed by atoms with Gasteiger partial charge in [-0.2, -0.15) is 0 Å². The molecule has 2 fully saturated rings. The summed E-state index contributed by atoms with van der Waals surface area (Å²) in [7, 11) is 0. The molecule has 110 valence electrons. The maximum Gasteiger partial charge on any atom is 0.323 e. The van der Waals surface area contributed by atoms with Gasteiger partial charge in [0.2, 0.25) is 0 Å². The molecule has 3 nitrogen and oxygen atoms in total. The first-order chi connectivity index (χ1) is 8.87. The van der Waals surface area contributed by atoms with Crippen molar-refractivity contribution < 1.29 is 9.53 Å². The lowest BCUT2D eigenvalue weighted by Gasteiger charge is -2.37. The van der Waals surface area contributed by atoms with Gasteiger partial charge in [0, 0.05) is 6.04 Å². The van der Waals surface area contributed by atoms with Gasteiger partial charge < -0.3 is 4.74 Å². The van der Waals surface area contributed by atoms with E-state index in [1.165, 1.54) is 25.7 Å². The topological polar surface area (TPSA) is 29.5 Å². The Labute approximate surface area is 117 Å². The molecular formula is C16H29NO2. The lowest BCUT2D eigenvalue weighted by Crippen LogP contribution is -2.46. The first kappa shape index (κ1) is 14.8. The van der Waals surface area contributed by atoms with Crippen LogP contribution in [0.4, 0.5) is 0 Å². The summed E-state index contributed by atoms with van der Waals surface area (Å²) >= 11 is 0. The Kier molecular flexibility index (Phi) is 4.54. The predicted molar refractivity (Wildman–Crippen MR) is 77.0 cm³/mol. The molecule has 0 spiro atoms. The van der Waals surface area contributed by atoms with E-state index in [1.807, 2.05) is 20.8 Å². The Morgan fingerprint density at radius 2 is 1.74 bits per heavy atom. The minimum Gasteiger partial charge on any atom is -0.459 e. The van der Waals surface area contributed by atoms with Gasteiger partial charge in [-0.15, -0.1) is 0 Å². The molecule has 0 amide bonds. The third-order valence-corrected chi connectivity index (χ3v) is 4.43. The van der Waals surface area contributed by atoms with Gasteiger partial charge in [-0.05, 0) is 71.8 Å². The van der Waals surface area contributed by atoms with Crippen LogP contribution in [0.1, 0.15) is 66.2 Å². The van der Waals surface area contributed by atoms with Crippen molar-refractivity contribution in [1.29, 1.82) is 0 Å². The van der Waals surface area contributed by atoms with Crippen LogP contribution in [0.3, 0.4) is 0 Å². The minimum absolute atomic E-state index is 0.0105. The molecule has 1 aliphatic heterocycles. The highest BCUT2D eigenvalue weighted by molar-refractivity contribution is 5.76. The Bertz CT molecular complexity index is 313. The third-order valence-electron chi connectivity index (χ3n) is 4.43. The molecule has 2 rings (SSSR count). The maximum atomic E-state index is 12.3. The number of carbonyl (C=O) groups excluding carboxylic acids is 1. The Hall–Kier alpha value is -0.570. The summed E-state index contributed by atoms with van der Waals surface area (Å²) in [6.45, 7) is 9.26. The van der Waals surface area contributed by atoms with Crippen molar-refractivity contribution >= 4 is 5.97 Å². The number of esters is 1. The molecular weight excluding hydrogens is 238 g/mol. The summed E-state index contributed by atoms with van der Waals surface area (Å²) in [5.41, 5.74) is -0.369. The van der Waals surface area contributed by atoms with Gasteiger partial charge in [0.25, 0.3) is 0 Å². The van der Waals surface area contributed by atoms with Gasteiger partial charge in [0.05, 0.1) is 0 Å². The fourth-order valence-corrected chi connectivity index (χ4v) is 3.42. The summed E-state index contributed by atoms with van der Waals surface area (Å²) in [5.74, 6) is 0.849. The first-order valence-corrected chi connectivity index (χ1v) is 7.85. The maximum absolute atomic E-state index is 12.3. The van der Waals surface area contributed by atoms with Crippen molar-refractivity contribution in [2.75, 3.05) is 6.54 Å². The Morgan fingerprint density at radius 1 is 1.11 bits per heavy atom. The van der Waals surface area contributed by atoms with Crippen LogP contribution in [0.25, 0.3) is 0 Å². The van der Waals surface area contributed by atoms with Crippen LogP contribution >= 0.6 is 0 Å². The van der Waals surface area contributed by atoms with Crippen LogP contribution < -0.4 is 0 Å². The van der Waals surface area contributed by atoms with Gasteiger partial charge in [0.1, 0.15) is 11.6 Å². The molecule has 2 aliphatic rings. The molecule has 0 bridgehead atoms. The van der Waals surface area contributed by atoms with Crippen molar-refractivity contribution in [3.05, 3.63) is 0 Å². The quantitative estimate of drug-likeness (QED) is 0.718. The van der Waals surface area contributed by atoms with Gasteiger partial charge in [-0.1, -0.05) is 6.92 Å². The van der Waals surface area contributed by atoms with Crippen LogP contribution in [-0.2, 0) is 9.53 Å². The highest BCUT2D eigenvalue weighted by Gasteiger charge is 2.38. The molecule has 1 aliphatic carbocycles. The zero-order valence-electron chi connectivity index (χ0n) is 12.9. The molecule has 1 saturated carbocycles. The SMILES string of the molecule is CC1CCC(N2CCC[C@H]2C(=O)OC(C)(C)C)CC1. The Morgan fingerprint density at radius 3 is 2.32 bits per heavy atom. The molecule has 0 aromatic carbocycles. The summed E-state index contributed by atoms with van der Waals surface area (Å²) in [6, 6.07) is 0.619. The smallest absolute Gasteiger partial charge is 0.323 e. The number of nitrogens with zero attached hydrogens (tertiary/aromatic N) is 1. The molecule has 1 heterocycles. The molecule has 0 aromatic rings. The zero-order valence-corrected chi connectivity index (χ0v) is 12.9. The van der Waals surface area contributed by atoms with Crippen LogP contribution in [0.2, 0.25) is 0 Å². The Balaban J connectivity index is 1.95. The lowest BCUT2D eigenvalue weighted by molar-refractivity contribution is -0.161. The van der Waals surface area contributed by atoms with Crippen molar-refractivity contribution in [3.63, 3.8) is 0 Å². The van der Waals surface area contributed by atoms with E-state index in [9.17, 15) is 4.79 Å². The van der Waals surface area contributed by atoms with Crippen molar-refractivity contribution in [2.24, 2.45) is 5.92 Å². The summed E-state index contributed by atoms with van der Waals surface area (Å²) in [5, 5.41) is 0. The number of likely N-dealkylation sites (tertiary alicyclic amines) is 1. The summed E-state index contributed by atoms with van der Waals surface area (Å²) in [6.07, 6.45) is 7.22. The van der Waals surface area contributed by atoms with Crippen molar-refractivity contribution in [1.82, 2.24) is 4.90 Å². The fourth-order valence-electron chi connectivity index (χ4n) is 3.42. The van der Waals surface area contributed by atoms with Gasteiger partial charge in [-0.25, -0.2) is 0 Å². The highest BCUT2D eigenvalue weighted by Crippen LogP contribution is 2.32. The lowest BCUT2D eigenvalue weighted by atomic mass is 9.86. The van der Waals surface area contributed by atoms with E-state index in [2.05, 4.69) is 11.8 Å². The van der Waals surface area contributed by atoms with E-state index in [0.717, 1.165) is 25.3 Å². The van der Waals surface area contributed by atoms with Crippen molar-refractivity contribution in [3.8, 4) is 0 Å². The zero-order chi connectivity index (χ0) is 14.0. The second-order valence-electron chi connectivity index (χ2n) is 7.34. The molecule has 19 heavy (non-hydrogen) atoms. The monoisotopic (exact) mass is 267 g/mol. The molecule has 1 atom stereocenters. The third kappa shape index (κ3) is 3.95. The van der Waals surface area contributed by atoms with E-state index >= 15 is 0 Å². The number of rotatable bonds is 2. The van der Waals surface area contributed by atoms with Gasteiger partial charge in [-0.3, -0.25) is 9.69 Å². The number of ether oxygens (including phenoxy) is 1. The normalized spacial score (nSPS) is 33.4. The molecule has 0 radical (unpaired) electrons. The van der Waals surface area contributed by atoms with Gasteiger partial charge in [0.15, 0.2) is 0 Å².